The third-order valence-electron chi connectivity index (χ3n) is 3.42. The van der Waals surface area contributed by atoms with Gasteiger partial charge in [-0.1, -0.05) is 0 Å². The Kier molecular flexibility index (Phi) is 5.10. The number of anilines is 1. The number of hydrogen-bond donors (Lipinski definition) is 2. The first kappa shape index (κ1) is 18.4. The molecule has 1 fully saturated rings. The predicted molar refractivity (Wildman–Crippen MR) is 86.0 cm³/mol. The normalized spacial score (nSPS) is 15.0. The lowest BCUT2D eigenvalue weighted by Crippen LogP contribution is -2.50. The molecule has 1 saturated heterocycles. The average Bonchev–Trinajstić information content (AvgIpc) is 2.52. The molecule has 1 amide bonds. The standard InChI is InChI=1S/C15H20N4O6/c1-15(2,3)25-14(24)19-6-4-18(5-7-19)13-16-8-9(11(20)21)10(17-13)12(22)23/h8H,4-7H2,1-3H3,(H,20,21)(H,22,23). The van der Waals surface area contributed by atoms with Crippen LogP contribution in [0.15, 0.2) is 6.20 Å². The number of carboxylic acid groups (broad SMARTS) is 2. The lowest BCUT2D eigenvalue weighted by atomic mass is 10.2. The Morgan fingerprint density at radius 2 is 1.68 bits per heavy atom. The van der Waals surface area contributed by atoms with E-state index in [1.807, 2.05) is 0 Å². The zero-order chi connectivity index (χ0) is 18.8. The molecule has 1 aliphatic heterocycles. The van der Waals surface area contributed by atoms with Crippen LogP contribution in [0.1, 0.15) is 41.6 Å². The van der Waals surface area contributed by atoms with Crippen molar-refractivity contribution in [1.29, 1.82) is 0 Å². The quantitative estimate of drug-likeness (QED) is 0.814. The minimum absolute atomic E-state index is 0.117. The summed E-state index contributed by atoms with van der Waals surface area (Å²) in [6.45, 7) is 6.84. The molecule has 0 unspecified atom stereocenters. The van der Waals surface area contributed by atoms with Gasteiger partial charge in [-0.3, -0.25) is 0 Å². The Hall–Kier alpha value is -2.91. The number of aromatic nitrogens is 2. The van der Waals surface area contributed by atoms with Crippen molar-refractivity contribution >= 4 is 24.0 Å². The van der Waals surface area contributed by atoms with Crippen LogP contribution in [-0.2, 0) is 4.74 Å². The van der Waals surface area contributed by atoms with Crippen LogP contribution >= 0.6 is 0 Å². The first-order chi connectivity index (χ1) is 11.6. The summed E-state index contributed by atoms with van der Waals surface area (Å²) in [6, 6.07) is 0. The summed E-state index contributed by atoms with van der Waals surface area (Å²) in [6.07, 6.45) is 0.564. The highest BCUT2D eigenvalue weighted by Crippen LogP contribution is 2.16. The molecule has 0 aliphatic carbocycles. The molecule has 2 heterocycles. The van der Waals surface area contributed by atoms with Crippen LogP contribution in [0, 0.1) is 0 Å². The third-order valence-corrected chi connectivity index (χ3v) is 3.42. The van der Waals surface area contributed by atoms with E-state index in [2.05, 4.69) is 9.97 Å². The minimum Gasteiger partial charge on any atom is -0.478 e. The number of hydrogen-bond acceptors (Lipinski definition) is 7. The molecule has 1 aromatic heterocycles. The van der Waals surface area contributed by atoms with Crippen molar-refractivity contribution in [2.24, 2.45) is 0 Å². The number of rotatable bonds is 3. The fourth-order valence-electron chi connectivity index (χ4n) is 2.26. The largest absolute Gasteiger partial charge is 0.478 e. The number of carbonyl (C=O) groups is 3. The number of amides is 1. The van der Waals surface area contributed by atoms with E-state index in [1.165, 1.54) is 0 Å². The molecule has 25 heavy (non-hydrogen) atoms. The number of aromatic carboxylic acids is 2. The molecule has 2 N–H and O–H groups in total. The highest BCUT2D eigenvalue weighted by atomic mass is 16.6. The fourth-order valence-corrected chi connectivity index (χ4v) is 2.26. The van der Waals surface area contributed by atoms with Crippen molar-refractivity contribution in [1.82, 2.24) is 14.9 Å². The number of piperazine rings is 1. The molecule has 2 rings (SSSR count). The molecular formula is C15H20N4O6. The maximum atomic E-state index is 12.0. The molecule has 136 valence electrons. The first-order valence-electron chi connectivity index (χ1n) is 7.65. The molecule has 0 bridgehead atoms. The van der Waals surface area contributed by atoms with Gasteiger partial charge in [-0.25, -0.2) is 24.4 Å². The third kappa shape index (κ3) is 4.55. The van der Waals surface area contributed by atoms with Crippen molar-refractivity contribution in [2.75, 3.05) is 31.1 Å². The van der Waals surface area contributed by atoms with E-state index in [4.69, 9.17) is 14.9 Å². The minimum atomic E-state index is -1.44. The Morgan fingerprint density at radius 1 is 1.08 bits per heavy atom. The van der Waals surface area contributed by atoms with E-state index < -0.39 is 34.9 Å². The van der Waals surface area contributed by atoms with Crippen LogP contribution in [0.2, 0.25) is 0 Å². The van der Waals surface area contributed by atoms with Crippen LogP contribution in [-0.4, -0.2) is 74.9 Å². The summed E-state index contributed by atoms with van der Waals surface area (Å²) >= 11 is 0. The molecule has 1 aliphatic rings. The van der Waals surface area contributed by atoms with E-state index in [1.54, 1.807) is 30.6 Å². The van der Waals surface area contributed by atoms with E-state index >= 15 is 0 Å². The predicted octanol–water partition coefficient (Wildman–Crippen LogP) is 0.930. The second kappa shape index (κ2) is 6.91. The van der Waals surface area contributed by atoms with E-state index in [0.29, 0.717) is 26.2 Å². The summed E-state index contributed by atoms with van der Waals surface area (Å²) in [4.78, 5) is 45.3. The van der Waals surface area contributed by atoms with Gasteiger partial charge in [-0.2, -0.15) is 0 Å². The molecule has 10 heteroatoms. The molecule has 0 radical (unpaired) electrons. The summed E-state index contributed by atoms with van der Waals surface area (Å²) < 4.78 is 5.31. The van der Waals surface area contributed by atoms with Gasteiger partial charge >= 0.3 is 18.0 Å². The van der Waals surface area contributed by atoms with Crippen LogP contribution in [0.4, 0.5) is 10.7 Å². The van der Waals surface area contributed by atoms with Crippen molar-refractivity contribution in [2.45, 2.75) is 26.4 Å². The molecule has 1 aromatic rings. The molecule has 0 spiro atoms. The fraction of sp³-hybridized carbons (Fsp3) is 0.533. The molecule has 10 nitrogen and oxygen atoms in total. The van der Waals surface area contributed by atoms with Crippen LogP contribution in [0.5, 0.6) is 0 Å². The monoisotopic (exact) mass is 352 g/mol. The average molecular weight is 352 g/mol. The van der Waals surface area contributed by atoms with Gasteiger partial charge in [0.1, 0.15) is 11.2 Å². The maximum Gasteiger partial charge on any atom is 0.410 e. The van der Waals surface area contributed by atoms with Gasteiger partial charge in [0.05, 0.1) is 0 Å². The summed E-state index contributed by atoms with van der Waals surface area (Å²) in [7, 11) is 0. The number of nitrogens with zero attached hydrogens (tertiary/aromatic N) is 4. The Labute approximate surface area is 144 Å². The van der Waals surface area contributed by atoms with Gasteiger partial charge in [0, 0.05) is 32.4 Å². The maximum absolute atomic E-state index is 12.0. The van der Waals surface area contributed by atoms with E-state index in [-0.39, 0.29) is 5.95 Å². The summed E-state index contributed by atoms with van der Waals surface area (Å²) in [5.74, 6) is -2.72. The SMILES string of the molecule is CC(C)(C)OC(=O)N1CCN(c2ncc(C(=O)O)c(C(=O)O)n2)CC1. The van der Waals surface area contributed by atoms with E-state index in [9.17, 15) is 14.4 Å². The Morgan fingerprint density at radius 3 is 2.16 bits per heavy atom. The lowest BCUT2D eigenvalue weighted by molar-refractivity contribution is 0.0239. The van der Waals surface area contributed by atoms with Gasteiger partial charge in [-0.15, -0.1) is 0 Å². The summed E-state index contributed by atoms with van der Waals surface area (Å²) in [5.41, 5.74) is -1.61. The van der Waals surface area contributed by atoms with E-state index in [0.717, 1.165) is 6.20 Å². The molecular weight excluding hydrogens is 332 g/mol. The van der Waals surface area contributed by atoms with Gasteiger partial charge < -0.3 is 24.7 Å². The van der Waals surface area contributed by atoms with Gasteiger partial charge in [0.15, 0.2) is 5.69 Å². The number of carbonyl (C=O) groups excluding carboxylic acids is 1. The molecule has 0 atom stereocenters. The van der Waals surface area contributed by atoms with Crippen molar-refractivity contribution in [3.63, 3.8) is 0 Å². The van der Waals surface area contributed by atoms with Crippen molar-refractivity contribution < 1.29 is 29.3 Å². The Bertz CT molecular complexity index is 692. The topological polar surface area (TPSA) is 133 Å². The van der Waals surface area contributed by atoms with Gasteiger partial charge in [0.25, 0.3) is 0 Å². The van der Waals surface area contributed by atoms with Crippen molar-refractivity contribution in [3.8, 4) is 0 Å². The van der Waals surface area contributed by atoms with Crippen LogP contribution < -0.4 is 4.90 Å². The summed E-state index contributed by atoms with van der Waals surface area (Å²) in [5, 5.41) is 18.1. The zero-order valence-corrected chi connectivity index (χ0v) is 14.2. The van der Waals surface area contributed by atoms with Gasteiger partial charge in [0.2, 0.25) is 5.95 Å². The van der Waals surface area contributed by atoms with Crippen molar-refractivity contribution in [3.05, 3.63) is 17.5 Å². The molecule has 0 saturated carbocycles. The smallest absolute Gasteiger partial charge is 0.410 e. The highest BCUT2D eigenvalue weighted by Gasteiger charge is 2.28. The number of carboxylic acids is 2. The zero-order valence-electron chi connectivity index (χ0n) is 14.2. The highest BCUT2D eigenvalue weighted by molar-refractivity contribution is 6.00. The lowest BCUT2D eigenvalue weighted by Gasteiger charge is -2.35. The molecule has 0 aromatic carbocycles. The van der Waals surface area contributed by atoms with Crippen LogP contribution in [0.25, 0.3) is 0 Å². The second-order valence-corrected chi connectivity index (χ2v) is 6.50. The Balaban J connectivity index is 2.08. The second-order valence-electron chi connectivity index (χ2n) is 6.50. The van der Waals surface area contributed by atoms with Gasteiger partial charge in [-0.05, 0) is 20.8 Å². The number of ether oxygens (including phenoxy) is 1. The van der Waals surface area contributed by atoms with Crippen LogP contribution in [0.3, 0.4) is 0 Å². The first-order valence-corrected chi connectivity index (χ1v) is 7.65.